The molecular weight excluding hydrogens is 510 g/mol. The minimum absolute atomic E-state index is 0.207. The molecule has 24 heavy (non-hydrogen) atoms. The van der Waals surface area contributed by atoms with E-state index in [0.717, 1.165) is 28.9 Å². The van der Waals surface area contributed by atoms with Gasteiger partial charge in [0.25, 0.3) is 0 Å². The van der Waals surface area contributed by atoms with Crippen LogP contribution in [0, 0.1) is 6.92 Å². The van der Waals surface area contributed by atoms with E-state index in [1.165, 1.54) is 0 Å². The van der Waals surface area contributed by atoms with Crippen LogP contribution < -0.4 is 10.2 Å². The van der Waals surface area contributed by atoms with Gasteiger partial charge in [0.05, 0.1) is 5.69 Å². The van der Waals surface area contributed by atoms with E-state index in [9.17, 15) is 14.7 Å². The molecule has 6 nitrogen and oxygen atoms in total. The second-order valence-corrected chi connectivity index (χ2v) is 12.2. The molecule has 0 bridgehead atoms. The van der Waals surface area contributed by atoms with E-state index in [4.69, 9.17) is 0 Å². The number of amidine groups is 1. The molecule has 0 saturated carbocycles. The maximum Gasteiger partial charge on any atom is 0.334 e. The van der Waals surface area contributed by atoms with E-state index in [-0.39, 0.29) is 5.84 Å². The fraction of sp³-hybridized carbons (Fsp3) is 0.400. The molecule has 0 aliphatic carbocycles. The van der Waals surface area contributed by atoms with Crippen molar-refractivity contribution in [3.05, 3.63) is 29.3 Å². The van der Waals surface area contributed by atoms with Gasteiger partial charge in [-0.3, -0.25) is 10.1 Å². The topological polar surface area (TPSA) is 82.0 Å². The number of halogens is 3. The third-order valence-electron chi connectivity index (χ3n) is 3.44. The maximum atomic E-state index is 12.6. The lowest BCUT2D eigenvalue weighted by atomic mass is 10.0. The highest BCUT2D eigenvalue weighted by atomic mass is 80.0. The van der Waals surface area contributed by atoms with Crippen molar-refractivity contribution in [1.82, 2.24) is 5.32 Å². The Balaban J connectivity index is 2.43. The predicted molar refractivity (Wildman–Crippen MR) is 104 cm³/mol. The Hall–Kier alpha value is -0.770. The lowest BCUT2D eigenvalue weighted by Gasteiger charge is -2.19. The number of imide groups is 1. The van der Waals surface area contributed by atoms with Crippen molar-refractivity contribution >= 4 is 71.3 Å². The number of aliphatic hydroxyl groups is 1. The zero-order valence-electron chi connectivity index (χ0n) is 13.0. The summed E-state index contributed by atoms with van der Waals surface area (Å²) < 4.78 is -1.09. The van der Waals surface area contributed by atoms with Crippen LogP contribution in [-0.4, -0.2) is 31.3 Å². The number of rotatable bonds is 4. The van der Waals surface area contributed by atoms with Gasteiger partial charge in [0.15, 0.2) is 14.2 Å². The number of para-hydroxylation sites is 1. The highest BCUT2D eigenvalue weighted by Crippen LogP contribution is 2.38. The Bertz CT molecular complexity index is 701. The second kappa shape index (κ2) is 7.63. The Labute approximate surface area is 165 Å². The second-order valence-electron chi connectivity index (χ2n) is 5.30. The van der Waals surface area contributed by atoms with E-state index in [1.54, 1.807) is 0 Å². The summed E-state index contributed by atoms with van der Waals surface area (Å²) in [7, 11) is 0. The number of carbonyl (C=O) groups excluding carboxylic acids is 2. The quantitative estimate of drug-likeness (QED) is 0.466. The Morgan fingerprint density at radius 1 is 1.33 bits per heavy atom. The van der Waals surface area contributed by atoms with Crippen LogP contribution in [-0.2, 0) is 11.2 Å². The molecule has 0 spiro atoms. The summed E-state index contributed by atoms with van der Waals surface area (Å²) in [4.78, 5) is 29.9. The molecule has 1 aromatic rings. The lowest BCUT2D eigenvalue weighted by molar-refractivity contribution is -0.111. The smallest absolute Gasteiger partial charge is 0.334 e. The molecule has 1 fully saturated rings. The number of amides is 3. The van der Waals surface area contributed by atoms with Crippen molar-refractivity contribution in [2.75, 3.05) is 4.90 Å². The number of urea groups is 1. The first-order valence-electron chi connectivity index (χ1n) is 7.23. The molecule has 1 aliphatic rings. The van der Waals surface area contributed by atoms with Crippen LogP contribution >= 0.6 is 47.8 Å². The molecule has 0 aromatic heterocycles. The highest BCUT2D eigenvalue weighted by Gasteiger charge is 2.40. The van der Waals surface area contributed by atoms with Gasteiger partial charge in [0, 0.05) is 0 Å². The van der Waals surface area contributed by atoms with E-state index in [0.29, 0.717) is 5.69 Å². The molecule has 1 atom stereocenters. The van der Waals surface area contributed by atoms with Crippen LogP contribution in [0.4, 0.5) is 10.5 Å². The highest BCUT2D eigenvalue weighted by molar-refractivity contribution is 9.39. The van der Waals surface area contributed by atoms with Gasteiger partial charge in [0.2, 0.25) is 0 Å². The number of benzene rings is 1. The van der Waals surface area contributed by atoms with Gasteiger partial charge < -0.3 is 5.11 Å². The fourth-order valence-electron chi connectivity index (χ4n) is 2.41. The van der Waals surface area contributed by atoms with Crippen LogP contribution in [0.2, 0.25) is 0 Å². The maximum absolute atomic E-state index is 12.6. The van der Waals surface area contributed by atoms with Crippen LogP contribution in [0.3, 0.4) is 0 Å². The van der Waals surface area contributed by atoms with Crippen LogP contribution in [0.25, 0.3) is 0 Å². The molecule has 2 N–H and O–H groups in total. The Morgan fingerprint density at radius 2 is 2.00 bits per heavy atom. The number of aryl methyl sites for hydroxylation is 2. The first kappa shape index (κ1) is 19.6. The third-order valence-corrected chi connectivity index (χ3v) is 4.67. The zero-order valence-corrected chi connectivity index (χ0v) is 17.8. The van der Waals surface area contributed by atoms with Crippen LogP contribution in [0.15, 0.2) is 23.2 Å². The average Bonchev–Trinajstić information content (AvgIpc) is 2.74. The number of carbonyl (C=O) groups is 2. The molecule has 130 valence electrons. The predicted octanol–water partition coefficient (Wildman–Crippen LogP) is 3.56. The lowest BCUT2D eigenvalue weighted by Crippen LogP contribution is -2.32. The van der Waals surface area contributed by atoms with Gasteiger partial charge in [-0.2, -0.15) is 0 Å². The SMILES string of the molecule is CCCc1cccc(C)c1N1C(=O)NC(=NC(O)C(Br)(Br)Br)C1=O. The van der Waals surface area contributed by atoms with Crippen molar-refractivity contribution < 1.29 is 14.7 Å². The molecule has 1 aromatic carbocycles. The average molecular weight is 526 g/mol. The van der Waals surface area contributed by atoms with Gasteiger partial charge in [0.1, 0.15) is 0 Å². The monoisotopic (exact) mass is 523 g/mol. The number of nitrogens with one attached hydrogen (secondary N) is 1. The number of aliphatic imine (C=N–C) groups is 1. The number of hydrogen-bond acceptors (Lipinski definition) is 4. The van der Waals surface area contributed by atoms with E-state index >= 15 is 0 Å². The van der Waals surface area contributed by atoms with Crippen LogP contribution in [0.1, 0.15) is 24.5 Å². The number of nitrogens with zero attached hydrogens (tertiary/aromatic N) is 2. The van der Waals surface area contributed by atoms with Gasteiger partial charge in [-0.15, -0.1) is 0 Å². The normalized spacial score (nSPS) is 18.2. The van der Waals surface area contributed by atoms with Gasteiger partial charge in [-0.25, -0.2) is 14.7 Å². The van der Waals surface area contributed by atoms with Crippen LogP contribution in [0.5, 0.6) is 0 Å². The van der Waals surface area contributed by atoms with Gasteiger partial charge in [-0.1, -0.05) is 79.3 Å². The minimum atomic E-state index is -1.33. The summed E-state index contributed by atoms with van der Waals surface area (Å²) >= 11 is 9.39. The van der Waals surface area contributed by atoms with Gasteiger partial charge in [-0.05, 0) is 24.5 Å². The van der Waals surface area contributed by atoms with Crippen molar-refractivity contribution in [1.29, 1.82) is 0 Å². The summed E-state index contributed by atoms with van der Waals surface area (Å²) in [6.07, 6.45) is 0.305. The molecular formula is C15H16Br3N3O3. The standard InChI is InChI=1S/C15H16Br3N3O3/c1-3-5-9-7-4-6-8(2)10(9)21-12(22)11(20-14(21)24)19-13(23)15(16,17)18/h4,6-7,13,23H,3,5H2,1-2H3,(H,19,20,24). The summed E-state index contributed by atoms with van der Waals surface area (Å²) in [5, 5.41) is 12.4. The molecule has 9 heteroatoms. The summed E-state index contributed by atoms with van der Waals surface area (Å²) in [6, 6.07) is 5.06. The van der Waals surface area contributed by atoms with E-state index < -0.39 is 20.3 Å². The summed E-state index contributed by atoms with van der Waals surface area (Å²) in [6.45, 7) is 3.88. The van der Waals surface area contributed by atoms with Crippen molar-refractivity contribution in [3.63, 3.8) is 0 Å². The molecule has 1 unspecified atom stereocenters. The fourth-order valence-corrected chi connectivity index (χ4v) is 2.71. The zero-order chi connectivity index (χ0) is 18.1. The molecule has 0 radical (unpaired) electrons. The number of anilines is 1. The van der Waals surface area contributed by atoms with E-state index in [2.05, 4.69) is 58.1 Å². The molecule has 1 saturated heterocycles. The molecule has 3 amide bonds. The third kappa shape index (κ3) is 4.07. The van der Waals surface area contributed by atoms with Crippen molar-refractivity contribution in [2.45, 2.75) is 35.1 Å². The van der Waals surface area contributed by atoms with Crippen molar-refractivity contribution in [2.24, 2.45) is 4.99 Å². The summed E-state index contributed by atoms with van der Waals surface area (Å²) in [5.74, 6) is -0.802. The Morgan fingerprint density at radius 3 is 2.58 bits per heavy atom. The molecule has 2 rings (SSSR count). The Kier molecular flexibility index (Phi) is 6.22. The number of alkyl halides is 3. The first-order chi connectivity index (χ1) is 11.2. The molecule has 1 aliphatic heterocycles. The minimum Gasteiger partial charge on any atom is -0.369 e. The van der Waals surface area contributed by atoms with Crippen molar-refractivity contribution in [3.8, 4) is 0 Å². The molecule has 1 heterocycles. The summed E-state index contributed by atoms with van der Waals surface area (Å²) in [5.41, 5.74) is 2.31. The first-order valence-corrected chi connectivity index (χ1v) is 9.61. The largest absolute Gasteiger partial charge is 0.369 e. The van der Waals surface area contributed by atoms with Gasteiger partial charge >= 0.3 is 11.9 Å². The number of hydrogen-bond donors (Lipinski definition) is 2. The van der Waals surface area contributed by atoms with E-state index in [1.807, 2.05) is 32.0 Å². The number of aliphatic hydroxyl groups excluding tert-OH is 1.